The quantitative estimate of drug-likeness (QED) is 0.340. The summed E-state index contributed by atoms with van der Waals surface area (Å²) in [4.78, 5) is 34.5. The molecule has 1 aromatic heterocycles. The fourth-order valence-electron chi connectivity index (χ4n) is 1.73. The molecule has 0 saturated carbocycles. The Labute approximate surface area is 150 Å². The number of carbonyl (C=O) groups is 2. The van der Waals surface area contributed by atoms with Gasteiger partial charge in [0.25, 0.3) is 5.91 Å². The maximum Gasteiger partial charge on any atom is 0.349 e. The number of ether oxygens (including phenoxy) is 1. The van der Waals surface area contributed by atoms with Crippen molar-refractivity contribution >= 4 is 45.7 Å². The lowest BCUT2D eigenvalue weighted by molar-refractivity contribution is -0.380. The third-order valence-electron chi connectivity index (χ3n) is 2.76. The Morgan fingerprint density at radius 3 is 2.76 bits per heavy atom. The predicted molar refractivity (Wildman–Crippen MR) is 92.7 cm³/mol. The Kier molecular flexibility index (Phi) is 6.50. The number of carbonyl (C=O) groups excluding carboxylic acids is 2. The molecular formula is C15H11N3O5S2. The van der Waals surface area contributed by atoms with Crippen LogP contribution in [0.15, 0.2) is 41.3 Å². The highest BCUT2D eigenvalue weighted by molar-refractivity contribution is 7.99. The number of para-hydroxylation sites is 1. The van der Waals surface area contributed by atoms with Crippen molar-refractivity contribution in [2.24, 2.45) is 0 Å². The number of nitriles is 1. The average molecular weight is 377 g/mol. The van der Waals surface area contributed by atoms with E-state index in [-0.39, 0.29) is 15.6 Å². The summed E-state index contributed by atoms with van der Waals surface area (Å²) >= 11 is 1.95. The molecule has 0 fully saturated rings. The van der Waals surface area contributed by atoms with Gasteiger partial charge in [0.1, 0.15) is 4.88 Å². The molecule has 0 radical (unpaired) electrons. The van der Waals surface area contributed by atoms with Gasteiger partial charge in [-0.2, -0.15) is 5.26 Å². The average Bonchev–Trinajstić information content (AvgIpc) is 3.09. The molecule has 0 bridgehead atoms. The summed E-state index contributed by atoms with van der Waals surface area (Å²) in [5, 5.41) is 21.6. The third-order valence-corrected chi connectivity index (χ3v) is 4.72. The van der Waals surface area contributed by atoms with E-state index in [0.717, 1.165) is 4.90 Å². The second kappa shape index (κ2) is 8.81. The zero-order chi connectivity index (χ0) is 18.2. The van der Waals surface area contributed by atoms with Crippen molar-refractivity contribution in [3.63, 3.8) is 0 Å². The molecule has 0 saturated heterocycles. The zero-order valence-electron chi connectivity index (χ0n) is 12.6. The van der Waals surface area contributed by atoms with Crippen LogP contribution in [-0.2, 0) is 9.53 Å². The monoisotopic (exact) mass is 377 g/mol. The summed E-state index contributed by atoms with van der Waals surface area (Å²) < 4.78 is 4.85. The largest absolute Gasteiger partial charge is 0.451 e. The van der Waals surface area contributed by atoms with Crippen LogP contribution in [0.2, 0.25) is 0 Å². The standard InChI is InChI=1S/C15H11N3O5S2/c16-7-8-24-11-4-2-1-3-10(11)17-13(19)9-23-15(20)12-5-6-14(25-12)18(21)22/h1-6H,8-9H2,(H,17,19). The van der Waals surface area contributed by atoms with Crippen molar-refractivity contribution in [1.29, 1.82) is 5.26 Å². The number of nitrogens with zero attached hydrogens (tertiary/aromatic N) is 2. The minimum Gasteiger partial charge on any atom is -0.451 e. The van der Waals surface area contributed by atoms with Crippen LogP contribution in [0.3, 0.4) is 0 Å². The highest BCUT2D eigenvalue weighted by Gasteiger charge is 2.17. The number of nitrogens with one attached hydrogen (secondary N) is 1. The molecule has 1 N–H and O–H groups in total. The molecule has 0 atom stereocenters. The van der Waals surface area contributed by atoms with E-state index >= 15 is 0 Å². The van der Waals surface area contributed by atoms with Crippen LogP contribution in [0.25, 0.3) is 0 Å². The summed E-state index contributed by atoms with van der Waals surface area (Å²) in [6.45, 7) is -0.526. The van der Waals surface area contributed by atoms with Crippen LogP contribution in [0.1, 0.15) is 9.67 Å². The van der Waals surface area contributed by atoms with E-state index in [9.17, 15) is 19.7 Å². The lowest BCUT2D eigenvalue weighted by atomic mass is 10.3. The highest BCUT2D eigenvalue weighted by Crippen LogP contribution is 2.27. The van der Waals surface area contributed by atoms with Crippen LogP contribution >= 0.6 is 23.1 Å². The third kappa shape index (κ3) is 5.30. The molecule has 0 aliphatic heterocycles. The minimum atomic E-state index is -0.805. The number of hydrogen-bond acceptors (Lipinski definition) is 8. The molecule has 1 aromatic carbocycles. The molecule has 128 valence electrons. The van der Waals surface area contributed by atoms with Gasteiger partial charge in [-0.15, -0.1) is 11.8 Å². The first-order valence-corrected chi connectivity index (χ1v) is 8.61. The van der Waals surface area contributed by atoms with E-state index in [2.05, 4.69) is 5.32 Å². The van der Waals surface area contributed by atoms with Gasteiger partial charge in [-0.05, 0) is 18.2 Å². The van der Waals surface area contributed by atoms with Gasteiger partial charge in [0, 0.05) is 11.0 Å². The highest BCUT2D eigenvalue weighted by atomic mass is 32.2. The van der Waals surface area contributed by atoms with Crippen molar-refractivity contribution in [1.82, 2.24) is 0 Å². The lowest BCUT2D eigenvalue weighted by Crippen LogP contribution is -2.20. The molecule has 0 aliphatic rings. The molecule has 0 unspecified atom stereocenters. The van der Waals surface area contributed by atoms with Gasteiger partial charge < -0.3 is 10.1 Å². The van der Waals surface area contributed by atoms with Crippen molar-refractivity contribution in [3.05, 3.63) is 51.4 Å². The summed E-state index contributed by atoms with van der Waals surface area (Å²) in [7, 11) is 0. The molecule has 2 rings (SSSR count). The van der Waals surface area contributed by atoms with Crippen molar-refractivity contribution in [3.8, 4) is 6.07 Å². The van der Waals surface area contributed by atoms with Gasteiger partial charge in [0.05, 0.1) is 22.4 Å². The number of amides is 1. The van der Waals surface area contributed by atoms with Gasteiger partial charge in [-0.1, -0.05) is 23.5 Å². The fourth-order valence-corrected chi connectivity index (χ4v) is 3.11. The molecule has 2 aromatic rings. The number of thioether (sulfide) groups is 1. The molecule has 0 spiro atoms. The summed E-state index contributed by atoms with van der Waals surface area (Å²) in [5.74, 6) is -1.12. The smallest absolute Gasteiger partial charge is 0.349 e. The van der Waals surface area contributed by atoms with E-state index in [0.29, 0.717) is 17.0 Å². The lowest BCUT2D eigenvalue weighted by Gasteiger charge is -2.09. The van der Waals surface area contributed by atoms with Gasteiger partial charge in [-0.25, -0.2) is 4.79 Å². The maximum absolute atomic E-state index is 11.9. The first kappa shape index (κ1) is 18.4. The fraction of sp³-hybridized carbons (Fsp3) is 0.133. The summed E-state index contributed by atoms with van der Waals surface area (Å²) in [6, 6.07) is 11.4. The maximum atomic E-state index is 11.9. The van der Waals surface area contributed by atoms with Gasteiger partial charge in [0.2, 0.25) is 0 Å². The van der Waals surface area contributed by atoms with Crippen molar-refractivity contribution in [2.75, 3.05) is 17.7 Å². The molecule has 1 amide bonds. The van der Waals surface area contributed by atoms with Crippen LogP contribution in [0.5, 0.6) is 0 Å². The zero-order valence-corrected chi connectivity index (χ0v) is 14.3. The Bertz CT molecular complexity index is 844. The number of rotatable bonds is 7. The number of thiophene rings is 1. The SMILES string of the molecule is N#CCSc1ccccc1NC(=O)COC(=O)c1ccc([N+](=O)[O-])s1. The van der Waals surface area contributed by atoms with Gasteiger partial charge in [0.15, 0.2) is 6.61 Å². The van der Waals surface area contributed by atoms with Crippen LogP contribution in [-0.4, -0.2) is 29.2 Å². The van der Waals surface area contributed by atoms with E-state index in [1.165, 1.54) is 23.9 Å². The van der Waals surface area contributed by atoms with Crippen LogP contribution in [0, 0.1) is 21.4 Å². The Balaban J connectivity index is 1.91. The van der Waals surface area contributed by atoms with E-state index in [1.54, 1.807) is 24.3 Å². The van der Waals surface area contributed by atoms with E-state index in [4.69, 9.17) is 10.00 Å². The van der Waals surface area contributed by atoms with Crippen LogP contribution < -0.4 is 5.32 Å². The normalized spacial score (nSPS) is 9.88. The Morgan fingerprint density at radius 1 is 1.32 bits per heavy atom. The van der Waals surface area contributed by atoms with Crippen LogP contribution in [0.4, 0.5) is 10.7 Å². The summed E-state index contributed by atoms with van der Waals surface area (Å²) in [5.41, 5.74) is 0.510. The second-order valence-electron chi connectivity index (χ2n) is 4.46. The second-order valence-corrected chi connectivity index (χ2v) is 6.54. The molecule has 0 aliphatic carbocycles. The first-order chi connectivity index (χ1) is 12.0. The topological polar surface area (TPSA) is 122 Å². The number of esters is 1. The number of hydrogen-bond donors (Lipinski definition) is 1. The number of nitro groups is 1. The number of anilines is 1. The molecule has 10 heteroatoms. The van der Waals surface area contributed by atoms with Crippen molar-refractivity contribution < 1.29 is 19.2 Å². The molecule has 8 nitrogen and oxygen atoms in total. The molecule has 1 heterocycles. The van der Waals surface area contributed by atoms with Gasteiger partial charge in [-0.3, -0.25) is 14.9 Å². The predicted octanol–water partition coefficient (Wildman–Crippen LogP) is 3.07. The molecule has 25 heavy (non-hydrogen) atoms. The van der Waals surface area contributed by atoms with Gasteiger partial charge >= 0.3 is 11.0 Å². The Hall–Kier alpha value is -2.90. The Morgan fingerprint density at radius 2 is 2.08 bits per heavy atom. The van der Waals surface area contributed by atoms with E-state index < -0.39 is 23.4 Å². The minimum absolute atomic E-state index is 0.0458. The number of benzene rings is 1. The molecular weight excluding hydrogens is 366 g/mol. The summed E-state index contributed by atoms with van der Waals surface area (Å²) in [6.07, 6.45) is 0. The first-order valence-electron chi connectivity index (χ1n) is 6.81. The van der Waals surface area contributed by atoms with Crippen molar-refractivity contribution in [2.45, 2.75) is 4.90 Å². The van der Waals surface area contributed by atoms with E-state index in [1.807, 2.05) is 6.07 Å².